The minimum absolute atomic E-state index is 0.765. The molecule has 1 rings (SSSR count). The van der Waals surface area contributed by atoms with Crippen LogP contribution in [0.4, 0.5) is 0 Å². The van der Waals surface area contributed by atoms with Crippen molar-refractivity contribution in [2.45, 2.75) is 51.0 Å². The molecule has 0 spiro atoms. The Labute approximate surface area is 87.7 Å². The van der Waals surface area contributed by atoms with Gasteiger partial charge in [0.1, 0.15) is 0 Å². The van der Waals surface area contributed by atoms with Crippen molar-refractivity contribution in [3.05, 3.63) is 12.8 Å². The molecule has 2 heteroatoms. The van der Waals surface area contributed by atoms with Crippen LogP contribution < -0.4 is 5.32 Å². The van der Waals surface area contributed by atoms with Crippen molar-refractivity contribution < 1.29 is 4.74 Å². The molecule has 0 aromatic carbocycles. The molecule has 0 radical (unpaired) electrons. The molecule has 0 atom stereocenters. The highest BCUT2D eigenvalue weighted by atomic mass is 16.5. The molecule has 1 fully saturated rings. The summed E-state index contributed by atoms with van der Waals surface area (Å²) >= 11 is 0. The molecular formula is C12H23NO. The Morgan fingerprint density at radius 2 is 1.93 bits per heavy atom. The van der Waals surface area contributed by atoms with E-state index >= 15 is 0 Å². The summed E-state index contributed by atoms with van der Waals surface area (Å²) in [4.78, 5) is 0. The third-order valence-electron chi connectivity index (χ3n) is 2.85. The molecule has 0 bridgehead atoms. The van der Waals surface area contributed by atoms with Crippen LogP contribution >= 0.6 is 0 Å². The molecule has 82 valence electrons. The minimum Gasteiger partial charge on any atom is -0.502 e. The Morgan fingerprint density at radius 3 is 2.57 bits per heavy atom. The number of hydrogen-bond acceptors (Lipinski definition) is 2. The maximum absolute atomic E-state index is 5.07. The van der Waals surface area contributed by atoms with Gasteiger partial charge in [-0.2, -0.15) is 0 Å². The van der Waals surface area contributed by atoms with E-state index < -0.39 is 0 Å². The summed E-state index contributed by atoms with van der Waals surface area (Å²) in [5.74, 6) is 0. The van der Waals surface area contributed by atoms with E-state index in [0.717, 1.165) is 25.6 Å². The third kappa shape index (κ3) is 5.28. The lowest BCUT2D eigenvalue weighted by Crippen LogP contribution is -2.29. The fourth-order valence-corrected chi connectivity index (χ4v) is 2.03. The lowest BCUT2D eigenvalue weighted by Gasteiger charge is -2.15. The lowest BCUT2D eigenvalue weighted by atomic mass is 10.1. The summed E-state index contributed by atoms with van der Waals surface area (Å²) in [6.45, 7) is 5.39. The topological polar surface area (TPSA) is 21.3 Å². The van der Waals surface area contributed by atoms with Crippen LogP contribution in [0.15, 0.2) is 12.8 Å². The molecule has 0 aromatic rings. The maximum atomic E-state index is 5.07. The van der Waals surface area contributed by atoms with Gasteiger partial charge in [0, 0.05) is 6.04 Å². The van der Waals surface area contributed by atoms with Gasteiger partial charge in [-0.15, -0.1) is 0 Å². The van der Waals surface area contributed by atoms with Crippen molar-refractivity contribution in [1.82, 2.24) is 5.32 Å². The van der Waals surface area contributed by atoms with Gasteiger partial charge in [-0.25, -0.2) is 0 Å². The van der Waals surface area contributed by atoms with Crippen LogP contribution in [-0.4, -0.2) is 19.2 Å². The van der Waals surface area contributed by atoms with Gasteiger partial charge in [-0.1, -0.05) is 32.3 Å². The molecule has 0 aromatic heterocycles. The molecule has 0 amide bonds. The summed E-state index contributed by atoms with van der Waals surface area (Å²) in [6.07, 6.45) is 11.0. The van der Waals surface area contributed by atoms with E-state index in [0.29, 0.717) is 0 Å². The summed E-state index contributed by atoms with van der Waals surface area (Å²) in [7, 11) is 0. The summed E-state index contributed by atoms with van der Waals surface area (Å²) in [6, 6.07) is 0.765. The van der Waals surface area contributed by atoms with Gasteiger partial charge in [0.05, 0.1) is 12.9 Å². The molecule has 1 aliphatic carbocycles. The van der Waals surface area contributed by atoms with E-state index in [1.807, 2.05) is 0 Å². The van der Waals surface area contributed by atoms with Crippen molar-refractivity contribution in [3.8, 4) is 0 Å². The van der Waals surface area contributed by atoms with Gasteiger partial charge in [0.2, 0.25) is 0 Å². The van der Waals surface area contributed by atoms with Gasteiger partial charge in [-0.3, -0.25) is 0 Å². The largest absolute Gasteiger partial charge is 0.502 e. The minimum atomic E-state index is 0.765. The average molecular weight is 197 g/mol. The quantitative estimate of drug-likeness (QED) is 0.401. The summed E-state index contributed by atoms with van der Waals surface area (Å²) in [5, 5.41) is 3.61. The van der Waals surface area contributed by atoms with E-state index in [1.165, 1.54) is 44.8 Å². The van der Waals surface area contributed by atoms with Gasteiger partial charge < -0.3 is 10.1 Å². The SMILES string of the molecule is C=COCCCNC1CCCCCC1. The normalized spacial score (nSPS) is 18.9. The predicted octanol–water partition coefficient (Wildman–Crippen LogP) is 2.85. The molecule has 0 aliphatic heterocycles. The van der Waals surface area contributed by atoms with Crippen molar-refractivity contribution >= 4 is 0 Å². The fourth-order valence-electron chi connectivity index (χ4n) is 2.03. The van der Waals surface area contributed by atoms with Crippen LogP contribution in [0, 0.1) is 0 Å². The monoisotopic (exact) mass is 197 g/mol. The lowest BCUT2D eigenvalue weighted by molar-refractivity contribution is 0.242. The molecule has 0 saturated heterocycles. The number of ether oxygens (including phenoxy) is 1. The van der Waals surface area contributed by atoms with Crippen LogP contribution in [0.25, 0.3) is 0 Å². The number of nitrogens with one attached hydrogen (secondary N) is 1. The first-order valence-electron chi connectivity index (χ1n) is 5.89. The molecule has 1 aliphatic rings. The highest BCUT2D eigenvalue weighted by Gasteiger charge is 2.10. The standard InChI is InChI=1S/C12H23NO/c1-2-14-11-7-10-13-12-8-5-3-4-6-9-12/h2,12-13H,1,3-11H2. The number of hydrogen-bond donors (Lipinski definition) is 1. The Morgan fingerprint density at radius 1 is 1.21 bits per heavy atom. The zero-order valence-electron chi connectivity index (χ0n) is 9.13. The molecule has 14 heavy (non-hydrogen) atoms. The van der Waals surface area contributed by atoms with E-state index in [4.69, 9.17) is 4.74 Å². The predicted molar refractivity (Wildman–Crippen MR) is 60.3 cm³/mol. The van der Waals surface area contributed by atoms with Crippen molar-refractivity contribution in [3.63, 3.8) is 0 Å². The Bertz CT molecular complexity index is 139. The summed E-state index contributed by atoms with van der Waals surface area (Å²) in [5.41, 5.74) is 0. The van der Waals surface area contributed by atoms with E-state index in [9.17, 15) is 0 Å². The Balaban J connectivity index is 1.96. The summed E-state index contributed by atoms with van der Waals surface area (Å²) < 4.78 is 5.07. The van der Waals surface area contributed by atoms with Gasteiger partial charge in [0.25, 0.3) is 0 Å². The van der Waals surface area contributed by atoms with Crippen LogP contribution in [0.5, 0.6) is 0 Å². The van der Waals surface area contributed by atoms with Gasteiger partial charge in [0.15, 0.2) is 0 Å². The molecule has 1 N–H and O–H groups in total. The Kier molecular flexibility index (Phi) is 6.50. The van der Waals surface area contributed by atoms with E-state index in [1.54, 1.807) is 0 Å². The third-order valence-corrected chi connectivity index (χ3v) is 2.85. The first-order valence-corrected chi connectivity index (χ1v) is 5.89. The highest BCUT2D eigenvalue weighted by Crippen LogP contribution is 2.16. The molecule has 0 unspecified atom stereocenters. The van der Waals surface area contributed by atoms with Crippen LogP contribution in [0.3, 0.4) is 0 Å². The molecule has 1 saturated carbocycles. The zero-order chi connectivity index (χ0) is 10.1. The Hall–Kier alpha value is -0.500. The van der Waals surface area contributed by atoms with E-state index in [2.05, 4.69) is 11.9 Å². The fraction of sp³-hybridized carbons (Fsp3) is 0.833. The van der Waals surface area contributed by atoms with Crippen molar-refractivity contribution in [2.75, 3.05) is 13.2 Å². The van der Waals surface area contributed by atoms with Crippen molar-refractivity contribution in [1.29, 1.82) is 0 Å². The highest BCUT2D eigenvalue weighted by molar-refractivity contribution is 4.70. The molecule has 2 nitrogen and oxygen atoms in total. The van der Waals surface area contributed by atoms with Crippen molar-refractivity contribution in [2.24, 2.45) is 0 Å². The first-order chi connectivity index (χ1) is 6.93. The van der Waals surface area contributed by atoms with Crippen LogP contribution in [-0.2, 0) is 4.74 Å². The van der Waals surface area contributed by atoms with Crippen LogP contribution in [0.1, 0.15) is 44.9 Å². The van der Waals surface area contributed by atoms with Gasteiger partial charge in [-0.05, 0) is 25.8 Å². The maximum Gasteiger partial charge on any atom is 0.0885 e. The number of rotatable bonds is 6. The average Bonchev–Trinajstić information content (AvgIpc) is 2.46. The van der Waals surface area contributed by atoms with E-state index in [-0.39, 0.29) is 0 Å². The molecule has 0 heterocycles. The zero-order valence-corrected chi connectivity index (χ0v) is 9.13. The molecular weight excluding hydrogens is 174 g/mol. The van der Waals surface area contributed by atoms with Crippen LogP contribution in [0.2, 0.25) is 0 Å². The smallest absolute Gasteiger partial charge is 0.0885 e. The second-order valence-corrected chi connectivity index (χ2v) is 4.03. The first kappa shape index (κ1) is 11.6. The second kappa shape index (κ2) is 7.86. The second-order valence-electron chi connectivity index (χ2n) is 4.03. The van der Waals surface area contributed by atoms with Gasteiger partial charge >= 0.3 is 0 Å².